The highest BCUT2D eigenvalue weighted by Gasteiger charge is 2.23. The molecule has 25 heavy (non-hydrogen) atoms. The molecular formula is C20H20N4O. The molecule has 2 aromatic carbocycles. The van der Waals surface area contributed by atoms with Crippen LogP contribution in [0, 0.1) is 18.3 Å². The molecule has 1 N–H and O–H groups in total. The van der Waals surface area contributed by atoms with Gasteiger partial charge in [-0.25, -0.2) is 4.98 Å². The Morgan fingerprint density at radius 2 is 2.12 bits per heavy atom. The summed E-state index contributed by atoms with van der Waals surface area (Å²) >= 11 is 0. The van der Waals surface area contributed by atoms with Gasteiger partial charge in [0.15, 0.2) is 0 Å². The lowest BCUT2D eigenvalue weighted by Crippen LogP contribution is -2.32. The number of nitriles is 1. The maximum atomic E-state index is 8.87. The zero-order valence-corrected chi connectivity index (χ0v) is 14.2. The number of hydrogen-bond donors (Lipinski definition) is 1. The van der Waals surface area contributed by atoms with Gasteiger partial charge in [-0.15, -0.1) is 0 Å². The molecule has 1 aliphatic heterocycles. The Bertz CT molecular complexity index is 937. The van der Waals surface area contributed by atoms with Crippen LogP contribution in [0.1, 0.15) is 28.6 Å². The Morgan fingerprint density at radius 1 is 1.28 bits per heavy atom. The van der Waals surface area contributed by atoms with Crippen molar-refractivity contribution in [2.45, 2.75) is 26.1 Å². The third-order valence-corrected chi connectivity index (χ3v) is 4.62. The van der Waals surface area contributed by atoms with Crippen molar-refractivity contribution in [1.29, 1.82) is 5.26 Å². The number of imidazole rings is 1. The lowest BCUT2D eigenvalue weighted by atomic mass is 10.1. The SMILES string of the molecule is Cc1ccc2nc3n(c2c1)C(CNCc1ccc(C#N)cc1)COC3. The highest BCUT2D eigenvalue weighted by atomic mass is 16.5. The van der Waals surface area contributed by atoms with Crippen LogP contribution >= 0.6 is 0 Å². The number of ether oxygens (including phenoxy) is 1. The Morgan fingerprint density at radius 3 is 2.92 bits per heavy atom. The molecule has 5 heteroatoms. The molecule has 4 rings (SSSR count). The second kappa shape index (κ2) is 6.67. The summed E-state index contributed by atoms with van der Waals surface area (Å²) in [5.74, 6) is 0.997. The first-order valence-corrected chi connectivity index (χ1v) is 8.49. The molecule has 2 heterocycles. The van der Waals surface area contributed by atoms with Gasteiger partial charge in [0.05, 0.1) is 35.3 Å². The van der Waals surface area contributed by atoms with Crippen LogP contribution in [-0.2, 0) is 17.9 Å². The maximum Gasteiger partial charge on any atom is 0.136 e. The van der Waals surface area contributed by atoms with Gasteiger partial charge in [0.25, 0.3) is 0 Å². The Balaban J connectivity index is 1.50. The third kappa shape index (κ3) is 3.14. The van der Waals surface area contributed by atoms with Gasteiger partial charge in [-0.05, 0) is 42.3 Å². The summed E-state index contributed by atoms with van der Waals surface area (Å²) in [6.07, 6.45) is 0. The summed E-state index contributed by atoms with van der Waals surface area (Å²) in [4.78, 5) is 4.71. The zero-order chi connectivity index (χ0) is 17.2. The molecule has 1 aliphatic rings. The fraction of sp³-hybridized carbons (Fsp3) is 0.300. The number of hydrogen-bond acceptors (Lipinski definition) is 4. The first-order chi connectivity index (χ1) is 12.2. The van der Waals surface area contributed by atoms with E-state index < -0.39 is 0 Å². The van der Waals surface area contributed by atoms with Crippen LogP contribution in [0.25, 0.3) is 11.0 Å². The number of aromatic nitrogens is 2. The van der Waals surface area contributed by atoms with E-state index in [9.17, 15) is 0 Å². The molecule has 0 saturated carbocycles. The third-order valence-electron chi connectivity index (χ3n) is 4.62. The van der Waals surface area contributed by atoms with Gasteiger partial charge in [0.2, 0.25) is 0 Å². The van der Waals surface area contributed by atoms with Crippen LogP contribution < -0.4 is 5.32 Å². The van der Waals surface area contributed by atoms with Crippen LogP contribution in [0.5, 0.6) is 0 Å². The highest BCUT2D eigenvalue weighted by Crippen LogP contribution is 2.26. The van der Waals surface area contributed by atoms with E-state index in [1.807, 2.05) is 24.3 Å². The molecule has 5 nitrogen and oxygen atoms in total. The number of fused-ring (bicyclic) bond motifs is 3. The molecular weight excluding hydrogens is 312 g/mol. The summed E-state index contributed by atoms with van der Waals surface area (Å²) < 4.78 is 8.06. The first-order valence-electron chi connectivity index (χ1n) is 8.49. The molecule has 0 spiro atoms. The number of nitrogens with one attached hydrogen (secondary N) is 1. The van der Waals surface area contributed by atoms with E-state index in [1.54, 1.807) is 0 Å². The standard InChI is InChI=1S/C20H20N4O/c1-14-2-7-18-19(8-14)24-17(12-25-13-20(24)23-18)11-22-10-16-5-3-15(9-21)4-6-16/h2-8,17,22H,10-13H2,1H3. The van der Waals surface area contributed by atoms with Gasteiger partial charge in [-0.1, -0.05) is 18.2 Å². The molecule has 1 aromatic heterocycles. The Labute approximate surface area is 146 Å². The molecule has 0 amide bonds. The molecule has 1 atom stereocenters. The Hall–Kier alpha value is -2.68. The second-order valence-corrected chi connectivity index (χ2v) is 6.50. The molecule has 3 aromatic rings. The van der Waals surface area contributed by atoms with Crippen molar-refractivity contribution >= 4 is 11.0 Å². The van der Waals surface area contributed by atoms with Crippen molar-refractivity contribution in [3.05, 3.63) is 65.0 Å². The van der Waals surface area contributed by atoms with Crippen LogP contribution in [0.4, 0.5) is 0 Å². The van der Waals surface area contributed by atoms with Crippen LogP contribution in [0.3, 0.4) is 0 Å². The molecule has 0 fully saturated rings. The van der Waals surface area contributed by atoms with E-state index in [2.05, 4.69) is 41.1 Å². The average molecular weight is 332 g/mol. The van der Waals surface area contributed by atoms with Crippen molar-refractivity contribution in [3.8, 4) is 6.07 Å². The lowest BCUT2D eigenvalue weighted by molar-refractivity contribution is 0.0564. The fourth-order valence-corrected chi connectivity index (χ4v) is 3.35. The second-order valence-electron chi connectivity index (χ2n) is 6.50. The minimum Gasteiger partial charge on any atom is -0.371 e. The minimum absolute atomic E-state index is 0.230. The summed E-state index contributed by atoms with van der Waals surface area (Å²) in [5, 5.41) is 12.4. The van der Waals surface area contributed by atoms with E-state index in [0.717, 1.165) is 24.4 Å². The first kappa shape index (κ1) is 15.8. The largest absolute Gasteiger partial charge is 0.371 e. The smallest absolute Gasteiger partial charge is 0.136 e. The van der Waals surface area contributed by atoms with E-state index in [1.165, 1.54) is 16.6 Å². The number of nitrogens with zero attached hydrogens (tertiary/aromatic N) is 3. The van der Waals surface area contributed by atoms with E-state index in [0.29, 0.717) is 18.8 Å². The van der Waals surface area contributed by atoms with Crippen molar-refractivity contribution in [2.75, 3.05) is 13.2 Å². The van der Waals surface area contributed by atoms with Crippen molar-refractivity contribution in [2.24, 2.45) is 0 Å². The predicted octanol–water partition coefficient (Wildman–Crippen LogP) is 3.08. The predicted molar refractivity (Wildman–Crippen MR) is 96.0 cm³/mol. The van der Waals surface area contributed by atoms with Crippen LogP contribution in [0.2, 0.25) is 0 Å². The minimum atomic E-state index is 0.230. The molecule has 1 unspecified atom stereocenters. The molecule has 0 aliphatic carbocycles. The lowest BCUT2D eigenvalue weighted by Gasteiger charge is -2.26. The fourth-order valence-electron chi connectivity index (χ4n) is 3.35. The molecule has 0 radical (unpaired) electrons. The summed E-state index contributed by atoms with van der Waals surface area (Å²) in [6.45, 7) is 4.94. The van der Waals surface area contributed by atoms with E-state index >= 15 is 0 Å². The Kier molecular flexibility index (Phi) is 4.22. The molecule has 0 bridgehead atoms. The van der Waals surface area contributed by atoms with Crippen molar-refractivity contribution < 1.29 is 4.74 Å². The van der Waals surface area contributed by atoms with Crippen LogP contribution in [-0.4, -0.2) is 22.7 Å². The van der Waals surface area contributed by atoms with Crippen LogP contribution in [0.15, 0.2) is 42.5 Å². The topological polar surface area (TPSA) is 62.9 Å². The van der Waals surface area contributed by atoms with Crippen molar-refractivity contribution in [3.63, 3.8) is 0 Å². The van der Waals surface area contributed by atoms with Gasteiger partial charge in [0, 0.05) is 13.1 Å². The van der Waals surface area contributed by atoms with Gasteiger partial charge < -0.3 is 14.6 Å². The molecule has 0 saturated heterocycles. The van der Waals surface area contributed by atoms with Gasteiger partial charge >= 0.3 is 0 Å². The van der Waals surface area contributed by atoms with Gasteiger partial charge in [0.1, 0.15) is 12.4 Å². The molecule has 126 valence electrons. The van der Waals surface area contributed by atoms with Gasteiger partial charge in [-0.3, -0.25) is 0 Å². The quantitative estimate of drug-likeness (QED) is 0.797. The normalized spacial score (nSPS) is 16.6. The van der Waals surface area contributed by atoms with E-state index in [4.69, 9.17) is 15.0 Å². The number of aryl methyl sites for hydroxylation is 1. The maximum absolute atomic E-state index is 8.87. The van der Waals surface area contributed by atoms with Crippen molar-refractivity contribution in [1.82, 2.24) is 14.9 Å². The summed E-state index contributed by atoms with van der Waals surface area (Å²) in [6, 6.07) is 16.4. The summed E-state index contributed by atoms with van der Waals surface area (Å²) in [7, 11) is 0. The van der Waals surface area contributed by atoms with E-state index in [-0.39, 0.29) is 6.04 Å². The zero-order valence-electron chi connectivity index (χ0n) is 14.2. The number of rotatable bonds is 4. The number of benzene rings is 2. The highest BCUT2D eigenvalue weighted by molar-refractivity contribution is 5.77. The summed E-state index contributed by atoms with van der Waals surface area (Å²) in [5.41, 5.74) is 5.31. The van der Waals surface area contributed by atoms with Gasteiger partial charge in [-0.2, -0.15) is 5.26 Å². The average Bonchev–Trinajstić information content (AvgIpc) is 3.01. The monoisotopic (exact) mass is 332 g/mol.